The maximum Gasteiger partial charge on any atom is 0.254 e. The summed E-state index contributed by atoms with van der Waals surface area (Å²) in [5.74, 6) is 0.325. The molecule has 35 heavy (non-hydrogen) atoms. The molecule has 0 aliphatic rings. The molecule has 0 fully saturated rings. The van der Waals surface area contributed by atoms with Crippen LogP contribution in [0.25, 0.3) is 0 Å². The standard InChI is InChI=1S/C26H33N3O5S/c1-19(2)29-23(16-27-26(29)35(31,32)18-21-8-6-20(3)7-9-21)17-28(14-15-33-4)25(30)22-10-12-24(34-5)13-11-22/h6-13,16,19H,14-15,17-18H2,1-5H3. The normalized spacial score (nSPS) is 11.6. The number of rotatable bonds is 11. The Morgan fingerprint density at radius 2 is 1.71 bits per heavy atom. The summed E-state index contributed by atoms with van der Waals surface area (Å²) < 4.78 is 38.7. The molecule has 0 aliphatic heterocycles. The van der Waals surface area contributed by atoms with Crippen molar-refractivity contribution in [3.8, 4) is 5.75 Å². The van der Waals surface area contributed by atoms with Crippen LogP contribution in [-0.4, -0.2) is 56.1 Å². The molecule has 0 atom stereocenters. The fraction of sp³-hybridized carbons (Fsp3) is 0.385. The number of carbonyl (C=O) groups is 1. The maximum absolute atomic E-state index is 13.3. The summed E-state index contributed by atoms with van der Waals surface area (Å²) in [7, 11) is -0.562. The molecule has 0 radical (unpaired) electrons. The van der Waals surface area contributed by atoms with Gasteiger partial charge in [-0.05, 0) is 50.6 Å². The third-order valence-electron chi connectivity index (χ3n) is 5.65. The van der Waals surface area contributed by atoms with Gasteiger partial charge in [-0.15, -0.1) is 0 Å². The van der Waals surface area contributed by atoms with Crippen molar-refractivity contribution in [2.75, 3.05) is 27.4 Å². The third-order valence-corrected chi connectivity index (χ3v) is 7.23. The summed E-state index contributed by atoms with van der Waals surface area (Å²) in [6.07, 6.45) is 1.54. The number of carbonyl (C=O) groups excluding carboxylic acids is 1. The Morgan fingerprint density at radius 3 is 2.29 bits per heavy atom. The van der Waals surface area contributed by atoms with Gasteiger partial charge in [0, 0.05) is 25.3 Å². The topological polar surface area (TPSA) is 90.7 Å². The first-order chi connectivity index (χ1) is 16.7. The van der Waals surface area contributed by atoms with Crippen LogP contribution in [-0.2, 0) is 26.9 Å². The van der Waals surface area contributed by atoms with Crippen LogP contribution in [0, 0.1) is 6.92 Å². The molecule has 0 aliphatic carbocycles. The molecule has 2 aromatic carbocycles. The minimum absolute atomic E-state index is 0.00617. The molecule has 8 nitrogen and oxygen atoms in total. The molecule has 3 rings (SSSR count). The van der Waals surface area contributed by atoms with E-state index in [1.807, 2.05) is 45.0 Å². The van der Waals surface area contributed by atoms with Gasteiger partial charge in [-0.3, -0.25) is 4.79 Å². The van der Waals surface area contributed by atoms with Crippen LogP contribution in [0.15, 0.2) is 59.9 Å². The molecular formula is C26H33N3O5S. The Hall–Kier alpha value is -3.17. The summed E-state index contributed by atoms with van der Waals surface area (Å²) in [5, 5.41) is 0.00617. The molecule has 9 heteroatoms. The van der Waals surface area contributed by atoms with Crippen molar-refractivity contribution in [1.82, 2.24) is 14.5 Å². The molecule has 1 amide bonds. The number of benzene rings is 2. The smallest absolute Gasteiger partial charge is 0.254 e. The zero-order chi connectivity index (χ0) is 25.6. The predicted molar refractivity (Wildman–Crippen MR) is 134 cm³/mol. The highest BCUT2D eigenvalue weighted by Gasteiger charge is 2.27. The lowest BCUT2D eigenvalue weighted by atomic mass is 10.2. The van der Waals surface area contributed by atoms with Gasteiger partial charge in [0.25, 0.3) is 5.91 Å². The van der Waals surface area contributed by atoms with Crippen LogP contribution < -0.4 is 4.74 Å². The Bertz CT molecular complexity index is 1230. The Kier molecular flexibility index (Phi) is 8.69. The Balaban J connectivity index is 1.91. The average Bonchev–Trinajstić information content (AvgIpc) is 3.28. The van der Waals surface area contributed by atoms with E-state index >= 15 is 0 Å². The van der Waals surface area contributed by atoms with Crippen LogP contribution in [0.2, 0.25) is 0 Å². The minimum atomic E-state index is -3.70. The van der Waals surface area contributed by atoms with Crippen molar-refractivity contribution in [3.05, 3.63) is 77.1 Å². The van der Waals surface area contributed by atoms with Gasteiger partial charge in [0.15, 0.2) is 0 Å². The number of methoxy groups -OCH3 is 2. The molecule has 0 N–H and O–H groups in total. The molecule has 0 saturated carbocycles. The average molecular weight is 500 g/mol. The number of imidazole rings is 1. The zero-order valence-electron chi connectivity index (χ0n) is 20.9. The molecule has 188 valence electrons. The summed E-state index contributed by atoms with van der Waals surface area (Å²) in [6.45, 7) is 6.64. The second kappa shape index (κ2) is 11.5. The van der Waals surface area contributed by atoms with Crippen molar-refractivity contribution in [3.63, 3.8) is 0 Å². The first-order valence-electron chi connectivity index (χ1n) is 11.4. The van der Waals surface area contributed by atoms with Gasteiger partial charge in [0.1, 0.15) is 5.75 Å². The highest BCUT2D eigenvalue weighted by atomic mass is 32.2. The SMILES string of the molecule is COCCN(Cc1cnc(S(=O)(=O)Cc2ccc(C)cc2)n1C(C)C)C(=O)c1ccc(OC)cc1. The fourth-order valence-corrected chi connectivity index (χ4v) is 5.41. The van der Waals surface area contributed by atoms with Crippen molar-refractivity contribution < 1.29 is 22.7 Å². The van der Waals surface area contributed by atoms with E-state index in [4.69, 9.17) is 9.47 Å². The van der Waals surface area contributed by atoms with Gasteiger partial charge >= 0.3 is 0 Å². The Labute approximate surface area is 207 Å². The zero-order valence-corrected chi connectivity index (χ0v) is 21.7. The number of nitrogens with zero attached hydrogens (tertiary/aromatic N) is 3. The van der Waals surface area contributed by atoms with Crippen LogP contribution in [0.3, 0.4) is 0 Å². The largest absolute Gasteiger partial charge is 0.497 e. The molecule has 1 heterocycles. The molecule has 0 bridgehead atoms. The van der Waals surface area contributed by atoms with E-state index in [2.05, 4.69) is 4.98 Å². The van der Waals surface area contributed by atoms with E-state index in [0.717, 1.165) is 5.56 Å². The van der Waals surface area contributed by atoms with Crippen LogP contribution >= 0.6 is 0 Å². The van der Waals surface area contributed by atoms with Crippen LogP contribution in [0.1, 0.15) is 47.1 Å². The van der Waals surface area contributed by atoms with Gasteiger partial charge in [-0.25, -0.2) is 13.4 Å². The molecule has 1 aromatic heterocycles. The monoisotopic (exact) mass is 499 g/mol. The van der Waals surface area contributed by atoms with Gasteiger partial charge in [-0.2, -0.15) is 0 Å². The van der Waals surface area contributed by atoms with E-state index in [1.165, 1.54) is 0 Å². The van der Waals surface area contributed by atoms with E-state index in [1.54, 1.807) is 54.1 Å². The predicted octanol–water partition coefficient (Wildman–Crippen LogP) is 4.04. The number of ether oxygens (including phenoxy) is 2. The summed E-state index contributed by atoms with van der Waals surface area (Å²) in [5.41, 5.74) is 2.91. The summed E-state index contributed by atoms with van der Waals surface area (Å²) >= 11 is 0. The van der Waals surface area contributed by atoms with E-state index in [-0.39, 0.29) is 29.4 Å². The van der Waals surface area contributed by atoms with Crippen molar-refractivity contribution >= 4 is 15.7 Å². The number of aryl methyl sites for hydroxylation is 1. The minimum Gasteiger partial charge on any atom is -0.497 e. The summed E-state index contributed by atoms with van der Waals surface area (Å²) in [6, 6.07) is 14.1. The molecular weight excluding hydrogens is 466 g/mol. The lowest BCUT2D eigenvalue weighted by molar-refractivity contribution is 0.0674. The summed E-state index contributed by atoms with van der Waals surface area (Å²) in [4.78, 5) is 19.2. The quantitative estimate of drug-likeness (QED) is 0.395. The molecule has 0 saturated heterocycles. The number of hydrogen-bond acceptors (Lipinski definition) is 6. The fourth-order valence-electron chi connectivity index (χ4n) is 3.81. The van der Waals surface area contributed by atoms with Gasteiger partial charge in [0.05, 0.1) is 37.9 Å². The van der Waals surface area contributed by atoms with Crippen LogP contribution in [0.5, 0.6) is 5.75 Å². The van der Waals surface area contributed by atoms with Gasteiger partial charge in [-0.1, -0.05) is 29.8 Å². The van der Waals surface area contributed by atoms with Crippen LogP contribution in [0.4, 0.5) is 0 Å². The number of sulfone groups is 1. The molecule has 0 spiro atoms. The molecule has 0 unspecified atom stereocenters. The lowest BCUT2D eigenvalue weighted by Crippen LogP contribution is -2.34. The maximum atomic E-state index is 13.3. The number of aromatic nitrogens is 2. The first-order valence-corrected chi connectivity index (χ1v) is 13.1. The second-order valence-corrected chi connectivity index (χ2v) is 10.6. The third kappa shape index (κ3) is 6.49. The number of amides is 1. The second-order valence-electron chi connectivity index (χ2n) is 8.69. The molecule has 3 aromatic rings. The van der Waals surface area contributed by atoms with Crippen molar-refractivity contribution in [2.45, 2.75) is 44.3 Å². The van der Waals surface area contributed by atoms with Gasteiger partial charge in [0.2, 0.25) is 15.0 Å². The number of hydrogen-bond donors (Lipinski definition) is 0. The first kappa shape index (κ1) is 26.4. The van der Waals surface area contributed by atoms with E-state index in [9.17, 15) is 13.2 Å². The van der Waals surface area contributed by atoms with E-state index in [0.29, 0.717) is 35.7 Å². The highest BCUT2D eigenvalue weighted by Crippen LogP contribution is 2.24. The Morgan fingerprint density at radius 1 is 1.06 bits per heavy atom. The highest BCUT2D eigenvalue weighted by molar-refractivity contribution is 7.90. The van der Waals surface area contributed by atoms with Gasteiger partial charge < -0.3 is 18.9 Å². The van der Waals surface area contributed by atoms with E-state index < -0.39 is 9.84 Å². The lowest BCUT2D eigenvalue weighted by Gasteiger charge is -2.24. The van der Waals surface area contributed by atoms with Crippen molar-refractivity contribution in [1.29, 1.82) is 0 Å². The van der Waals surface area contributed by atoms with Crippen molar-refractivity contribution in [2.24, 2.45) is 0 Å².